The number of amides is 1. The van der Waals surface area contributed by atoms with Crippen molar-refractivity contribution in [3.8, 4) is 0 Å². The largest absolute Gasteiger partial charge is 0.444 e. The van der Waals surface area contributed by atoms with Crippen LogP contribution in [0.5, 0.6) is 0 Å². The van der Waals surface area contributed by atoms with E-state index in [1.54, 1.807) is 0 Å². The van der Waals surface area contributed by atoms with Crippen LogP contribution in [0.3, 0.4) is 0 Å². The molecule has 2 fully saturated rings. The second kappa shape index (κ2) is 7.42. The summed E-state index contributed by atoms with van der Waals surface area (Å²) in [6.07, 6.45) is 7.28. The number of hydrogen-bond acceptors (Lipinski definition) is 3. The lowest BCUT2D eigenvalue weighted by Crippen LogP contribution is -2.43. The molecule has 2 rings (SSSR count). The zero-order valence-corrected chi connectivity index (χ0v) is 15.8. The summed E-state index contributed by atoms with van der Waals surface area (Å²) in [5, 5.41) is 3.73. The number of hydrogen-bond donors (Lipinski definition) is 1. The molecule has 1 N–H and O–H groups in total. The molecule has 134 valence electrons. The van der Waals surface area contributed by atoms with E-state index in [0.717, 1.165) is 32.5 Å². The molecule has 1 heterocycles. The highest BCUT2D eigenvalue weighted by molar-refractivity contribution is 5.68. The second-order valence-corrected chi connectivity index (χ2v) is 9.28. The minimum atomic E-state index is -0.402. The van der Waals surface area contributed by atoms with Crippen LogP contribution < -0.4 is 5.32 Å². The Bertz CT molecular complexity index is 401. The van der Waals surface area contributed by atoms with E-state index in [9.17, 15) is 4.79 Å². The molecule has 0 aromatic heterocycles. The summed E-state index contributed by atoms with van der Waals surface area (Å²) in [5.74, 6) is 0.609. The third-order valence-electron chi connectivity index (χ3n) is 5.12. The van der Waals surface area contributed by atoms with Crippen LogP contribution in [-0.4, -0.2) is 42.3 Å². The maximum atomic E-state index is 12.2. The quantitative estimate of drug-likeness (QED) is 0.843. The second-order valence-electron chi connectivity index (χ2n) is 9.28. The molecular formula is C19H36N2O2. The van der Waals surface area contributed by atoms with Gasteiger partial charge < -0.3 is 15.0 Å². The van der Waals surface area contributed by atoms with Gasteiger partial charge in [-0.1, -0.05) is 13.8 Å². The van der Waals surface area contributed by atoms with E-state index in [1.807, 2.05) is 25.7 Å². The molecule has 0 spiro atoms. The van der Waals surface area contributed by atoms with Gasteiger partial charge in [0.15, 0.2) is 0 Å². The first-order chi connectivity index (χ1) is 10.6. The summed E-state index contributed by atoms with van der Waals surface area (Å²) in [6, 6.07) is 0.690. The lowest BCUT2D eigenvalue weighted by molar-refractivity contribution is 0.0161. The fourth-order valence-corrected chi connectivity index (χ4v) is 3.89. The Morgan fingerprint density at radius 2 is 2.04 bits per heavy atom. The first-order valence-corrected chi connectivity index (χ1v) is 9.36. The van der Waals surface area contributed by atoms with Gasteiger partial charge in [0.1, 0.15) is 5.60 Å². The van der Waals surface area contributed by atoms with Gasteiger partial charge in [-0.05, 0) is 77.2 Å². The van der Waals surface area contributed by atoms with E-state index < -0.39 is 5.60 Å². The Morgan fingerprint density at radius 1 is 1.30 bits per heavy atom. The van der Waals surface area contributed by atoms with Crippen molar-refractivity contribution in [3.05, 3.63) is 0 Å². The number of nitrogens with zero attached hydrogens (tertiary/aromatic N) is 1. The van der Waals surface area contributed by atoms with E-state index in [2.05, 4.69) is 19.2 Å². The average Bonchev–Trinajstić information content (AvgIpc) is 2.77. The highest BCUT2D eigenvalue weighted by atomic mass is 16.6. The zero-order chi connectivity index (χ0) is 17.1. The number of carbonyl (C=O) groups excluding carboxylic acids is 1. The highest BCUT2D eigenvalue weighted by Crippen LogP contribution is 2.36. The van der Waals surface area contributed by atoms with E-state index >= 15 is 0 Å². The van der Waals surface area contributed by atoms with Crippen molar-refractivity contribution in [1.29, 1.82) is 0 Å². The third kappa shape index (κ3) is 6.33. The van der Waals surface area contributed by atoms with Gasteiger partial charge in [-0.2, -0.15) is 0 Å². The summed E-state index contributed by atoms with van der Waals surface area (Å²) in [7, 11) is 0. The molecule has 1 aliphatic carbocycles. The topological polar surface area (TPSA) is 41.6 Å². The standard InChI is InChI=1S/C19H36N2O2/c1-18(2,3)23-17(22)21-12-6-7-15(14-21)9-11-20-16-8-10-19(4,5)13-16/h15-16,20H,6-14H2,1-5H3. The van der Waals surface area contributed by atoms with Crippen molar-refractivity contribution < 1.29 is 9.53 Å². The molecule has 0 radical (unpaired) electrons. The fourth-order valence-electron chi connectivity index (χ4n) is 3.89. The molecule has 1 saturated carbocycles. The Kier molecular flexibility index (Phi) is 5.99. The van der Waals surface area contributed by atoms with Crippen molar-refractivity contribution in [2.75, 3.05) is 19.6 Å². The minimum absolute atomic E-state index is 0.146. The van der Waals surface area contributed by atoms with Gasteiger partial charge in [-0.3, -0.25) is 0 Å². The summed E-state index contributed by atoms with van der Waals surface area (Å²) < 4.78 is 5.51. The normalized spacial score (nSPS) is 28.0. The Hall–Kier alpha value is -0.770. The Labute approximate surface area is 142 Å². The first-order valence-electron chi connectivity index (χ1n) is 9.36. The number of likely N-dealkylation sites (tertiary alicyclic amines) is 1. The molecule has 4 heteroatoms. The number of rotatable bonds is 4. The Balaban J connectivity index is 1.69. The molecule has 0 aromatic rings. The van der Waals surface area contributed by atoms with E-state index in [-0.39, 0.29) is 6.09 Å². The maximum Gasteiger partial charge on any atom is 0.410 e. The molecule has 1 aliphatic heterocycles. The molecular weight excluding hydrogens is 288 g/mol. The summed E-state index contributed by atoms with van der Waals surface area (Å²) >= 11 is 0. The van der Waals surface area contributed by atoms with Gasteiger partial charge in [-0.15, -0.1) is 0 Å². The molecule has 4 nitrogen and oxygen atoms in total. The van der Waals surface area contributed by atoms with Crippen LogP contribution >= 0.6 is 0 Å². The van der Waals surface area contributed by atoms with Crippen molar-refractivity contribution in [1.82, 2.24) is 10.2 Å². The zero-order valence-electron chi connectivity index (χ0n) is 15.8. The predicted octanol–water partition coefficient (Wildman–Crippen LogP) is 4.19. The van der Waals surface area contributed by atoms with Crippen LogP contribution in [0.1, 0.15) is 73.1 Å². The smallest absolute Gasteiger partial charge is 0.410 e. The maximum absolute atomic E-state index is 12.2. The number of ether oxygens (including phenoxy) is 1. The van der Waals surface area contributed by atoms with Crippen LogP contribution in [0.15, 0.2) is 0 Å². The lowest BCUT2D eigenvalue weighted by Gasteiger charge is -2.34. The van der Waals surface area contributed by atoms with Crippen LogP contribution in [0.4, 0.5) is 4.79 Å². The molecule has 0 bridgehead atoms. The molecule has 0 aromatic carbocycles. The summed E-state index contributed by atoms with van der Waals surface area (Å²) in [4.78, 5) is 14.1. The van der Waals surface area contributed by atoms with E-state index in [0.29, 0.717) is 17.4 Å². The van der Waals surface area contributed by atoms with Crippen LogP contribution in [-0.2, 0) is 4.74 Å². The molecule has 2 aliphatic rings. The van der Waals surface area contributed by atoms with Gasteiger partial charge in [0.05, 0.1) is 0 Å². The van der Waals surface area contributed by atoms with E-state index in [4.69, 9.17) is 4.74 Å². The van der Waals surface area contributed by atoms with Gasteiger partial charge >= 0.3 is 6.09 Å². The number of piperidine rings is 1. The summed E-state index contributed by atoms with van der Waals surface area (Å²) in [5.41, 5.74) is 0.108. The SMILES string of the molecule is CC1(C)CCC(NCCC2CCCN(C(=O)OC(C)(C)C)C2)C1. The van der Waals surface area contributed by atoms with Gasteiger partial charge in [-0.25, -0.2) is 4.79 Å². The predicted molar refractivity (Wildman–Crippen MR) is 94.6 cm³/mol. The Morgan fingerprint density at radius 3 is 2.65 bits per heavy atom. The molecule has 23 heavy (non-hydrogen) atoms. The van der Waals surface area contributed by atoms with Crippen molar-refractivity contribution in [2.45, 2.75) is 84.8 Å². The van der Waals surface area contributed by atoms with Crippen LogP contribution in [0, 0.1) is 11.3 Å². The molecule has 2 atom stereocenters. The van der Waals surface area contributed by atoms with Gasteiger partial charge in [0, 0.05) is 19.1 Å². The van der Waals surface area contributed by atoms with E-state index in [1.165, 1.54) is 25.7 Å². The van der Waals surface area contributed by atoms with Gasteiger partial charge in [0.25, 0.3) is 0 Å². The summed E-state index contributed by atoms with van der Waals surface area (Å²) in [6.45, 7) is 13.3. The average molecular weight is 325 g/mol. The van der Waals surface area contributed by atoms with Crippen molar-refractivity contribution in [2.24, 2.45) is 11.3 Å². The van der Waals surface area contributed by atoms with Crippen molar-refractivity contribution >= 4 is 6.09 Å². The van der Waals surface area contributed by atoms with Crippen LogP contribution in [0.2, 0.25) is 0 Å². The molecule has 1 amide bonds. The van der Waals surface area contributed by atoms with Crippen LogP contribution in [0.25, 0.3) is 0 Å². The minimum Gasteiger partial charge on any atom is -0.444 e. The molecule has 2 unspecified atom stereocenters. The van der Waals surface area contributed by atoms with Gasteiger partial charge in [0.2, 0.25) is 0 Å². The monoisotopic (exact) mass is 324 g/mol. The van der Waals surface area contributed by atoms with Crippen molar-refractivity contribution in [3.63, 3.8) is 0 Å². The number of nitrogens with one attached hydrogen (secondary N) is 1. The third-order valence-corrected chi connectivity index (χ3v) is 5.12. The molecule has 1 saturated heterocycles. The fraction of sp³-hybridized carbons (Fsp3) is 0.947. The lowest BCUT2D eigenvalue weighted by atomic mass is 9.91. The number of carbonyl (C=O) groups is 1. The highest BCUT2D eigenvalue weighted by Gasteiger charge is 2.31. The first kappa shape index (κ1) is 18.6.